The highest BCUT2D eigenvalue weighted by atomic mass is 32.1. The molecule has 0 saturated carbocycles. The molecule has 3 heteroatoms. The third kappa shape index (κ3) is 3.05. The Balaban J connectivity index is 2.13. The van der Waals surface area contributed by atoms with E-state index in [0.717, 1.165) is 19.4 Å². The van der Waals surface area contributed by atoms with Crippen molar-refractivity contribution in [1.29, 1.82) is 0 Å². The van der Waals surface area contributed by atoms with Gasteiger partial charge in [-0.3, -0.25) is 4.98 Å². The van der Waals surface area contributed by atoms with E-state index in [4.69, 9.17) is 0 Å². The fourth-order valence-corrected chi connectivity index (χ4v) is 2.86. The summed E-state index contributed by atoms with van der Waals surface area (Å²) < 4.78 is 1.35. The SMILES string of the molecule is CCCNC(CC)Cc1nccc2sccc12. The molecule has 0 amide bonds. The average Bonchev–Trinajstić information content (AvgIpc) is 2.83. The molecule has 0 bridgehead atoms. The minimum absolute atomic E-state index is 0.549. The molecule has 2 nitrogen and oxygen atoms in total. The molecular weight excluding hydrogens is 228 g/mol. The lowest BCUT2D eigenvalue weighted by Gasteiger charge is -2.16. The van der Waals surface area contributed by atoms with Crippen LogP contribution in [-0.2, 0) is 6.42 Å². The Morgan fingerprint density at radius 3 is 3.00 bits per heavy atom. The molecule has 2 rings (SSSR count). The van der Waals surface area contributed by atoms with Gasteiger partial charge in [-0.05, 0) is 36.9 Å². The van der Waals surface area contributed by atoms with Crippen molar-refractivity contribution < 1.29 is 0 Å². The molecule has 2 aromatic rings. The number of nitrogens with one attached hydrogen (secondary N) is 1. The van der Waals surface area contributed by atoms with Gasteiger partial charge < -0.3 is 5.32 Å². The quantitative estimate of drug-likeness (QED) is 0.844. The first kappa shape index (κ1) is 12.5. The van der Waals surface area contributed by atoms with Crippen molar-refractivity contribution in [3.63, 3.8) is 0 Å². The molecule has 1 N–H and O–H groups in total. The number of hydrogen-bond acceptors (Lipinski definition) is 3. The third-order valence-electron chi connectivity index (χ3n) is 3.08. The highest BCUT2D eigenvalue weighted by Gasteiger charge is 2.10. The number of hydrogen-bond donors (Lipinski definition) is 1. The van der Waals surface area contributed by atoms with Crippen LogP contribution in [0.15, 0.2) is 23.7 Å². The molecule has 0 radical (unpaired) electrons. The maximum Gasteiger partial charge on any atom is 0.0505 e. The first-order chi connectivity index (χ1) is 8.35. The van der Waals surface area contributed by atoms with E-state index in [1.807, 2.05) is 6.20 Å². The number of aromatic nitrogens is 1. The lowest BCUT2D eigenvalue weighted by molar-refractivity contribution is 0.492. The van der Waals surface area contributed by atoms with E-state index in [2.05, 4.69) is 41.7 Å². The fraction of sp³-hybridized carbons (Fsp3) is 0.500. The molecule has 1 atom stereocenters. The lowest BCUT2D eigenvalue weighted by atomic mass is 10.1. The number of fused-ring (bicyclic) bond motifs is 1. The molecule has 92 valence electrons. The second-order valence-electron chi connectivity index (χ2n) is 4.35. The molecule has 0 aliphatic heterocycles. The minimum Gasteiger partial charge on any atom is -0.314 e. The predicted octanol–water partition coefficient (Wildman–Crippen LogP) is 3.62. The molecule has 0 spiro atoms. The van der Waals surface area contributed by atoms with Crippen LogP contribution in [0, 0.1) is 0 Å². The minimum atomic E-state index is 0.549. The van der Waals surface area contributed by atoms with Gasteiger partial charge in [0.05, 0.1) is 5.69 Å². The second-order valence-corrected chi connectivity index (χ2v) is 5.30. The Kier molecular flexibility index (Phi) is 4.51. The van der Waals surface area contributed by atoms with Gasteiger partial charge in [0.2, 0.25) is 0 Å². The number of thiophene rings is 1. The summed E-state index contributed by atoms with van der Waals surface area (Å²) in [5, 5.41) is 7.06. The van der Waals surface area contributed by atoms with Crippen LogP contribution in [0.2, 0.25) is 0 Å². The second kappa shape index (κ2) is 6.12. The monoisotopic (exact) mass is 248 g/mol. The largest absolute Gasteiger partial charge is 0.314 e. The zero-order valence-electron chi connectivity index (χ0n) is 10.6. The van der Waals surface area contributed by atoms with Crippen molar-refractivity contribution >= 4 is 21.4 Å². The van der Waals surface area contributed by atoms with E-state index in [1.165, 1.54) is 22.2 Å². The topological polar surface area (TPSA) is 24.9 Å². The molecule has 0 aliphatic carbocycles. The highest BCUT2D eigenvalue weighted by Crippen LogP contribution is 2.23. The Morgan fingerprint density at radius 1 is 1.35 bits per heavy atom. The van der Waals surface area contributed by atoms with Crippen LogP contribution in [0.4, 0.5) is 0 Å². The Labute approximate surface area is 107 Å². The van der Waals surface area contributed by atoms with Gasteiger partial charge in [0.1, 0.15) is 0 Å². The normalized spacial score (nSPS) is 13.1. The average molecular weight is 248 g/mol. The maximum atomic E-state index is 4.54. The molecule has 0 saturated heterocycles. The summed E-state index contributed by atoms with van der Waals surface area (Å²) >= 11 is 1.79. The zero-order valence-corrected chi connectivity index (χ0v) is 11.4. The zero-order chi connectivity index (χ0) is 12.1. The summed E-state index contributed by atoms with van der Waals surface area (Å²) in [7, 11) is 0. The number of nitrogens with zero attached hydrogens (tertiary/aromatic N) is 1. The molecule has 0 aliphatic rings. The summed E-state index contributed by atoms with van der Waals surface area (Å²) in [5.74, 6) is 0. The van der Waals surface area contributed by atoms with Crippen LogP contribution in [0.1, 0.15) is 32.4 Å². The van der Waals surface area contributed by atoms with Crippen LogP contribution < -0.4 is 5.32 Å². The van der Waals surface area contributed by atoms with Crippen molar-refractivity contribution in [3.8, 4) is 0 Å². The summed E-state index contributed by atoms with van der Waals surface area (Å²) in [6.45, 7) is 5.54. The van der Waals surface area contributed by atoms with Crippen molar-refractivity contribution in [2.24, 2.45) is 0 Å². The maximum absolute atomic E-state index is 4.54. The molecule has 0 fully saturated rings. The van der Waals surface area contributed by atoms with Gasteiger partial charge in [0.15, 0.2) is 0 Å². The van der Waals surface area contributed by atoms with Crippen molar-refractivity contribution in [2.75, 3.05) is 6.54 Å². The molecule has 1 unspecified atom stereocenters. The summed E-state index contributed by atoms with van der Waals surface area (Å²) in [6, 6.07) is 4.84. The summed E-state index contributed by atoms with van der Waals surface area (Å²) in [5.41, 5.74) is 1.24. The first-order valence-corrected chi connectivity index (χ1v) is 7.27. The van der Waals surface area contributed by atoms with Crippen LogP contribution in [0.5, 0.6) is 0 Å². The molecule has 2 heterocycles. The smallest absolute Gasteiger partial charge is 0.0505 e. The van der Waals surface area contributed by atoms with E-state index in [1.54, 1.807) is 11.3 Å². The van der Waals surface area contributed by atoms with E-state index >= 15 is 0 Å². The van der Waals surface area contributed by atoms with Crippen LogP contribution in [0.25, 0.3) is 10.1 Å². The lowest BCUT2D eigenvalue weighted by Crippen LogP contribution is -2.31. The van der Waals surface area contributed by atoms with Gasteiger partial charge in [-0.15, -0.1) is 11.3 Å². The summed E-state index contributed by atoms with van der Waals surface area (Å²) in [4.78, 5) is 4.54. The Hall–Kier alpha value is -0.930. The number of rotatable bonds is 6. The van der Waals surface area contributed by atoms with Gasteiger partial charge in [0, 0.05) is 28.7 Å². The Morgan fingerprint density at radius 2 is 2.24 bits per heavy atom. The van der Waals surface area contributed by atoms with Gasteiger partial charge in [-0.2, -0.15) is 0 Å². The van der Waals surface area contributed by atoms with Gasteiger partial charge >= 0.3 is 0 Å². The van der Waals surface area contributed by atoms with Crippen LogP contribution >= 0.6 is 11.3 Å². The van der Waals surface area contributed by atoms with Crippen molar-refractivity contribution in [2.45, 2.75) is 39.2 Å². The van der Waals surface area contributed by atoms with Gasteiger partial charge in [-0.25, -0.2) is 0 Å². The molecular formula is C14H20N2S. The van der Waals surface area contributed by atoms with Crippen LogP contribution in [0.3, 0.4) is 0 Å². The Bertz CT molecular complexity index is 464. The van der Waals surface area contributed by atoms with E-state index < -0.39 is 0 Å². The van der Waals surface area contributed by atoms with Gasteiger partial charge in [0.25, 0.3) is 0 Å². The van der Waals surface area contributed by atoms with Crippen molar-refractivity contribution in [1.82, 2.24) is 10.3 Å². The predicted molar refractivity (Wildman–Crippen MR) is 75.7 cm³/mol. The van der Waals surface area contributed by atoms with E-state index in [-0.39, 0.29) is 0 Å². The fourth-order valence-electron chi connectivity index (χ4n) is 2.06. The molecule has 17 heavy (non-hydrogen) atoms. The third-order valence-corrected chi connectivity index (χ3v) is 3.96. The first-order valence-electron chi connectivity index (χ1n) is 6.39. The molecule has 2 aromatic heterocycles. The molecule has 0 aromatic carbocycles. The van der Waals surface area contributed by atoms with Crippen molar-refractivity contribution in [3.05, 3.63) is 29.4 Å². The standard InChI is InChI=1S/C14H20N2S/c1-3-7-15-11(4-2)10-13-12-6-9-17-14(12)5-8-16-13/h5-6,8-9,11,15H,3-4,7,10H2,1-2H3. The van der Waals surface area contributed by atoms with Crippen LogP contribution in [-0.4, -0.2) is 17.6 Å². The highest BCUT2D eigenvalue weighted by molar-refractivity contribution is 7.17. The van der Waals surface area contributed by atoms with E-state index in [0.29, 0.717) is 6.04 Å². The van der Waals surface area contributed by atoms with E-state index in [9.17, 15) is 0 Å². The summed E-state index contributed by atoms with van der Waals surface area (Å²) in [6.07, 6.45) is 5.31. The number of pyridine rings is 1. The van der Waals surface area contributed by atoms with Gasteiger partial charge in [-0.1, -0.05) is 13.8 Å².